The number of hydrogen-bond donors (Lipinski definition) is 1. The lowest BCUT2D eigenvalue weighted by Crippen LogP contribution is -2.32. The fourth-order valence-electron chi connectivity index (χ4n) is 1.35. The Morgan fingerprint density at radius 1 is 1.24 bits per heavy atom. The zero-order chi connectivity index (χ0) is 12.1. The zero-order valence-corrected chi connectivity index (χ0v) is 9.04. The second-order valence-corrected chi connectivity index (χ2v) is 3.42. The predicted octanol–water partition coefficient (Wildman–Crippen LogP) is 1.32. The summed E-state index contributed by atoms with van der Waals surface area (Å²) in [7, 11) is 0. The van der Waals surface area contributed by atoms with Crippen LogP contribution in [0.5, 0.6) is 0 Å². The minimum atomic E-state index is -0.369. The van der Waals surface area contributed by atoms with Gasteiger partial charge in [-0.1, -0.05) is 30.3 Å². The van der Waals surface area contributed by atoms with Crippen molar-refractivity contribution in [1.82, 2.24) is 14.9 Å². The molecule has 1 amide bonds. The monoisotopic (exact) mass is 229 g/mol. The van der Waals surface area contributed by atoms with Gasteiger partial charge in [-0.15, -0.1) is 0 Å². The molecular formula is C12H11N3O2. The van der Waals surface area contributed by atoms with Crippen molar-refractivity contribution in [3.8, 4) is 0 Å². The average molecular weight is 229 g/mol. The van der Waals surface area contributed by atoms with Gasteiger partial charge in [0.1, 0.15) is 6.33 Å². The quantitative estimate of drug-likeness (QED) is 0.807. The van der Waals surface area contributed by atoms with Crippen molar-refractivity contribution in [2.24, 2.45) is 0 Å². The lowest BCUT2D eigenvalue weighted by Gasteiger charge is -2.04. The van der Waals surface area contributed by atoms with Crippen molar-refractivity contribution in [3.05, 3.63) is 54.6 Å². The minimum Gasteiger partial charge on any atom is -0.330 e. The molecule has 1 N–H and O–H groups in total. The van der Waals surface area contributed by atoms with Gasteiger partial charge in [0.15, 0.2) is 5.78 Å². The molecule has 0 atom stereocenters. The molecule has 0 aliphatic rings. The fourth-order valence-corrected chi connectivity index (χ4v) is 1.35. The first-order chi connectivity index (χ1) is 8.27. The van der Waals surface area contributed by atoms with Crippen LogP contribution in [0.3, 0.4) is 0 Å². The summed E-state index contributed by atoms with van der Waals surface area (Å²) < 4.78 is 1.28. The first-order valence-corrected chi connectivity index (χ1v) is 5.12. The number of amides is 1. The van der Waals surface area contributed by atoms with Crippen molar-refractivity contribution < 1.29 is 9.59 Å². The highest BCUT2D eigenvalue weighted by Gasteiger charge is 2.08. The topological polar surface area (TPSA) is 64.0 Å². The van der Waals surface area contributed by atoms with E-state index < -0.39 is 0 Å². The van der Waals surface area contributed by atoms with Crippen LogP contribution in [0.2, 0.25) is 0 Å². The van der Waals surface area contributed by atoms with Gasteiger partial charge in [0, 0.05) is 18.0 Å². The molecule has 0 saturated carbocycles. The lowest BCUT2D eigenvalue weighted by atomic mass is 10.1. The zero-order valence-electron chi connectivity index (χ0n) is 9.04. The van der Waals surface area contributed by atoms with E-state index in [4.69, 9.17) is 0 Å². The van der Waals surface area contributed by atoms with Crippen molar-refractivity contribution >= 4 is 11.8 Å². The number of carbonyl (C=O) groups is 2. The molecule has 0 unspecified atom stereocenters. The Labute approximate surface area is 98.1 Å². The number of Topliss-reactive ketones (excluding diaryl/α,β-unsaturated/α-hetero) is 1. The molecule has 1 heterocycles. The van der Waals surface area contributed by atoms with Crippen molar-refractivity contribution in [3.63, 3.8) is 0 Å². The molecule has 0 saturated heterocycles. The summed E-state index contributed by atoms with van der Waals surface area (Å²) in [6, 6.07) is 8.46. The molecule has 0 radical (unpaired) electrons. The first kappa shape index (κ1) is 11.1. The van der Waals surface area contributed by atoms with Crippen LogP contribution in [0.4, 0.5) is 4.79 Å². The Morgan fingerprint density at radius 2 is 2.00 bits per heavy atom. The summed E-state index contributed by atoms with van der Waals surface area (Å²) in [4.78, 5) is 26.9. The third kappa shape index (κ3) is 2.78. The van der Waals surface area contributed by atoms with Gasteiger partial charge in [0.25, 0.3) is 0 Å². The van der Waals surface area contributed by atoms with Crippen LogP contribution in [0.15, 0.2) is 49.1 Å². The number of ketones is 1. The van der Waals surface area contributed by atoms with Gasteiger partial charge in [-0.3, -0.25) is 9.36 Å². The molecular weight excluding hydrogens is 218 g/mol. The number of rotatable bonds is 3. The fraction of sp³-hybridized carbons (Fsp3) is 0.0833. The molecule has 0 spiro atoms. The summed E-state index contributed by atoms with van der Waals surface area (Å²) in [5, 5.41) is 2.52. The summed E-state index contributed by atoms with van der Waals surface area (Å²) in [5.41, 5.74) is 0.582. The Hall–Kier alpha value is -2.43. The van der Waals surface area contributed by atoms with Gasteiger partial charge in [-0.25, -0.2) is 9.78 Å². The van der Waals surface area contributed by atoms with E-state index in [0.717, 1.165) is 0 Å². The van der Waals surface area contributed by atoms with Gasteiger partial charge in [0.2, 0.25) is 0 Å². The van der Waals surface area contributed by atoms with Crippen molar-refractivity contribution in [2.75, 3.05) is 6.54 Å². The molecule has 1 aromatic carbocycles. The summed E-state index contributed by atoms with van der Waals surface area (Å²) in [6.45, 7) is -0.0268. The van der Waals surface area contributed by atoms with E-state index in [1.54, 1.807) is 24.3 Å². The van der Waals surface area contributed by atoms with Crippen LogP contribution in [0, 0.1) is 0 Å². The van der Waals surface area contributed by atoms with Gasteiger partial charge in [-0.2, -0.15) is 0 Å². The number of nitrogens with zero attached hydrogens (tertiary/aromatic N) is 2. The Bertz CT molecular complexity index is 506. The second kappa shape index (κ2) is 5.07. The Balaban J connectivity index is 1.91. The first-order valence-electron chi connectivity index (χ1n) is 5.12. The highest BCUT2D eigenvalue weighted by Crippen LogP contribution is 1.98. The third-order valence-corrected chi connectivity index (χ3v) is 2.23. The normalized spacial score (nSPS) is 9.88. The van der Waals surface area contributed by atoms with E-state index >= 15 is 0 Å². The summed E-state index contributed by atoms with van der Waals surface area (Å²) >= 11 is 0. The van der Waals surface area contributed by atoms with E-state index in [0.29, 0.717) is 5.56 Å². The average Bonchev–Trinajstić information content (AvgIpc) is 2.90. The number of benzene rings is 1. The van der Waals surface area contributed by atoms with E-state index in [1.165, 1.54) is 23.3 Å². The molecule has 2 rings (SSSR count). The van der Waals surface area contributed by atoms with Crippen LogP contribution in [-0.4, -0.2) is 27.9 Å². The van der Waals surface area contributed by atoms with Crippen LogP contribution in [-0.2, 0) is 0 Å². The molecule has 0 aliphatic carbocycles. The standard InChI is InChI=1S/C12H11N3O2/c16-11(10-4-2-1-3-5-10)8-14-12(17)15-7-6-13-9-15/h1-7,9H,8H2,(H,14,17). The Morgan fingerprint density at radius 3 is 2.65 bits per heavy atom. The number of nitrogens with one attached hydrogen (secondary N) is 1. The molecule has 86 valence electrons. The van der Waals surface area contributed by atoms with Crippen molar-refractivity contribution in [2.45, 2.75) is 0 Å². The Kier molecular flexibility index (Phi) is 3.30. The van der Waals surface area contributed by atoms with Crippen LogP contribution in [0.25, 0.3) is 0 Å². The predicted molar refractivity (Wildman–Crippen MR) is 61.8 cm³/mol. The van der Waals surface area contributed by atoms with Crippen LogP contribution in [0.1, 0.15) is 10.4 Å². The maximum atomic E-state index is 11.7. The second-order valence-electron chi connectivity index (χ2n) is 3.42. The molecule has 0 aliphatic heterocycles. The third-order valence-electron chi connectivity index (χ3n) is 2.23. The van der Waals surface area contributed by atoms with E-state index in [1.807, 2.05) is 6.07 Å². The number of aromatic nitrogens is 2. The summed E-state index contributed by atoms with van der Waals surface area (Å²) in [6.07, 6.45) is 4.39. The van der Waals surface area contributed by atoms with Gasteiger partial charge < -0.3 is 5.32 Å². The van der Waals surface area contributed by atoms with Crippen LogP contribution >= 0.6 is 0 Å². The molecule has 1 aromatic heterocycles. The van der Waals surface area contributed by atoms with Gasteiger partial charge in [-0.05, 0) is 0 Å². The SMILES string of the molecule is O=C(CNC(=O)n1ccnc1)c1ccccc1. The number of hydrogen-bond acceptors (Lipinski definition) is 3. The van der Waals surface area contributed by atoms with E-state index in [2.05, 4.69) is 10.3 Å². The molecule has 5 heteroatoms. The number of carbonyl (C=O) groups excluding carboxylic acids is 2. The minimum absolute atomic E-state index is 0.0268. The molecule has 2 aromatic rings. The molecule has 5 nitrogen and oxygen atoms in total. The highest BCUT2D eigenvalue weighted by atomic mass is 16.2. The molecule has 0 fully saturated rings. The molecule has 17 heavy (non-hydrogen) atoms. The largest absolute Gasteiger partial charge is 0.330 e. The van der Waals surface area contributed by atoms with Gasteiger partial charge >= 0.3 is 6.03 Å². The van der Waals surface area contributed by atoms with E-state index in [9.17, 15) is 9.59 Å². The highest BCUT2D eigenvalue weighted by molar-refractivity contribution is 5.99. The maximum absolute atomic E-state index is 11.7. The van der Waals surface area contributed by atoms with E-state index in [-0.39, 0.29) is 18.4 Å². The maximum Gasteiger partial charge on any atom is 0.327 e. The summed E-state index contributed by atoms with van der Waals surface area (Å²) in [5.74, 6) is -0.126. The number of imidazole rings is 1. The van der Waals surface area contributed by atoms with Crippen molar-refractivity contribution in [1.29, 1.82) is 0 Å². The van der Waals surface area contributed by atoms with Crippen LogP contribution < -0.4 is 5.32 Å². The molecule has 0 bridgehead atoms. The smallest absolute Gasteiger partial charge is 0.327 e. The lowest BCUT2D eigenvalue weighted by molar-refractivity contribution is 0.0992. The van der Waals surface area contributed by atoms with Gasteiger partial charge in [0.05, 0.1) is 6.54 Å².